The topological polar surface area (TPSA) is 41.6 Å². The summed E-state index contributed by atoms with van der Waals surface area (Å²) < 4.78 is 5.38. The van der Waals surface area contributed by atoms with Crippen LogP contribution in [0.15, 0.2) is 0 Å². The minimum atomic E-state index is -0.145. The second-order valence-electron chi connectivity index (χ2n) is 5.06. The number of rotatable bonds is 2. The van der Waals surface area contributed by atoms with E-state index >= 15 is 0 Å². The summed E-state index contributed by atoms with van der Waals surface area (Å²) in [6.07, 6.45) is 3.14. The lowest BCUT2D eigenvalue weighted by atomic mass is 9.99. The van der Waals surface area contributed by atoms with Gasteiger partial charge in [0.15, 0.2) is 0 Å². The molecule has 0 aromatic carbocycles. The van der Waals surface area contributed by atoms with Crippen LogP contribution >= 0.6 is 0 Å². The van der Waals surface area contributed by atoms with Gasteiger partial charge in [-0.05, 0) is 26.2 Å². The Balaban J connectivity index is 1.69. The third-order valence-corrected chi connectivity index (χ3v) is 4.15. The summed E-state index contributed by atoms with van der Waals surface area (Å²) >= 11 is 0. The number of nitrogens with zero attached hydrogens (tertiary/aromatic N) is 1. The Bertz CT molecular complexity index is 282. The molecule has 2 atom stereocenters. The van der Waals surface area contributed by atoms with Crippen molar-refractivity contribution < 1.29 is 9.53 Å². The van der Waals surface area contributed by atoms with Crippen LogP contribution in [0.25, 0.3) is 0 Å². The van der Waals surface area contributed by atoms with Gasteiger partial charge in [0.2, 0.25) is 5.91 Å². The Labute approximate surface area is 90.0 Å². The minimum absolute atomic E-state index is 0.145. The molecule has 3 aliphatic rings. The molecule has 0 radical (unpaired) electrons. The number of ether oxygens (including phenoxy) is 1. The van der Waals surface area contributed by atoms with Gasteiger partial charge in [0, 0.05) is 18.6 Å². The monoisotopic (exact) mass is 210 g/mol. The molecule has 2 unspecified atom stereocenters. The van der Waals surface area contributed by atoms with E-state index in [9.17, 15) is 4.79 Å². The largest absolute Gasteiger partial charge is 0.381 e. The van der Waals surface area contributed by atoms with Gasteiger partial charge in [-0.3, -0.25) is 10.1 Å². The van der Waals surface area contributed by atoms with Crippen LogP contribution in [0.1, 0.15) is 26.2 Å². The van der Waals surface area contributed by atoms with Crippen LogP contribution in [0.3, 0.4) is 0 Å². The lowest BCUT2D eigenvalue weighted by Gasteiger charge is -2.28. The highest BCUT2D eigenvalue weighted by molar-refractivity contribution is 5.91. The van der Waals surface area contributed by atoms with Crippen molar-refractivity contribution in [3.63, 3.8) is 0 Å². The average Bonchev–Trinajstić information content (AvgIpc) is 2.72. The quantitative estimate of drug-likeness (QED) is 0.714. The van der Waals surface area contributed by atoms with Gasteiger partial charge in [0.05, 0.1) is 18.8 Å². The van der Waals surface area contributed by atoms with Gasteiger partial charge >= 0.3 is 0 Å². The first-order valence-corrected chi connectivity index (χ1v) is 5.87. The summed E-state index contributed by atoms with van der Waals surface area (Å²) in [5.74, 6) is 0.853. The van der Waals surface area contributed by atoms with Crippen LogP contribution in [0.4, 0.5) is 0 Å². The predicted molar refractivity (Wildman–Crippen MR) is 55.2 cm³/mol. The summed E-state index contributed by atoms with van der Waals surface area (Å²) in [5.41, 5.74) is -0.145. The molecule has 0 aromatic heterocycles. The summed E-state index contributed by atoms with van der Waals surface area (Å²) in [7, 11) is 0. The van der Waals surface area contributed by atoms with Crippen molar-refractivity contribution >= 4 is 5.91 Å². The van der Waals surface area contributed by atoms with Crippen LogP contribution in [0.5, 0.6) is 0 Å². The first-order valence-electron chi connectivity index (χ1n) is 5.87. The molecule has 1 saturated carbocycles. The number of nitrogens with one attached hydrogen (secondary N) is 1. The van der Waals surface area contributed by atoms with E-state index in [-0.39, 0.29) is 5.54 Å². The fourth-order valence-electron chi connectivity index (χ4n) is 2.69. The SMILES string of the molecule is CC(C1CCOC1)N1CNC2(CC2)C1=O. The second-order valence-corrected chi connectivity index (χ2v) is 5.06. The molecule has 4 nitrogen and oxygen atoms in total. The van der Waals surface area contributed by atoms with E-state index in [4.69, 9.17) is 4.74 Å². The first-order chi connectivity index (χ1) is 7.23. The highest BCUT2D eigenvalue weighted by Gasteiger charge is 2.56. The summed E-state index contributed by atoms with van der Waals surface area (Å²) in [6.45, 7) is 4.56. The molecule has 84 valence electrons. The molecule has 15 heavy (non-hydrogen) atoms. The van der Waals surface area contributed by atoms with E-state index in [0.717, 1.165) is 39.1 Å². The van der Waals surface area contributed by atoms with Crippen LogP contribution in [-0.2, 0) is 9.53 Å². The molecule has 4 heteroatoms. The number of amides is 1. The van der Waals surface area contributed by atoms with E-state index < -0.39 is 0 Å². The van der Waals surface area contributed by atoms with Crippen LogP contribution in [-0.4, -0.2) is 42.3 Å². The fraction of sp³-hybridized carbons (Fsp3) is 0.909. The standard InChI is InChI=1S/C11H18N2O2/c1-8(9-2-5-15-6-9)13-7-12-11(3-4-11)10(13)14/h8-9,12H,2-7H2,1H3. The van der Waals surface area contributed by atoms with Crippen molar-refractivity contribution in [1.82, 2.24) is 10.2 Å². The average molecular weight is 210 g/mol. The van der Waals surface area contributed by atoms with Crippen molar-refractivity contribution in [2.24, 2.45) is 5.92 Å². The van der Waals surface area contributed by atoms with Gasteiger partial charge in [0.25, 0.3) is 0 Å². The number of carbonyl (C=O) groups is 1. The van der Waals surface area contributed by atoms with Crippen LogP contribution < -0.4 is 5.32 Å². The number of carbonyl (C=O) groups excluding carboxylic acids is 1. The smallest absolute Gasteiger partial charge is 0.244 e. The zero-order valence-electron chi connectivity index (χ0n) is 9.16. The highest BCUT2D eigenvalue weighted by atomic mass is 16.5. The maximum absolute atomic E-state index is 12.1. The molecule has 2 aliphatic heterocycles. The van der Waals surface area contributed by atoms with E-state index in [1.54, 1.807) is 0 Å². The maximum atomic E-state index is 12.1. The third kappa shape index (κ3) is 1.39. The Morgan fingerprint density at radius 2 is 2.40 bits per heavy atom. The van der Waals surface area contributed by atoms with Gasteiger partial charge < -0.3 is 9.64 Å². The fourth-order valence-corrected chi connectivity index (χ4v) is 2.69. The van der Waals surface area contributed by atoms with Crippen molar-refractivity contribution in [1.29, 1.82) is 0 Å². The summed E-state index contributed by atoms with van der Waals surface area (Å²) in [6, 6.07) is 0.326. The zero-order valence-corrected chi connectivity index (χ0v) is 9.16. The molecule has 1 N–H and O–H groups in total. The van der Waals surface area contributed by atoms with Gasteiger partial charge in [-0.25, -0.2) is 0 Å². The van der Waals surface area contributed by atoms with Crippen LogP contribution in [0.2, 0.25) is 0 Å². The minimum Gasteiger partial charge on any atom is -0.381 e. The van der Waals surface area contributed by atoms with Crippen molar-refractivity contribution in [2.75, 3.05) is 19.9 Å². The Hall–Kier alpha value is -0.610. The number of hydrogen-bond acceptors (Lipinski definition) is 3. The van der Waals surface area contributed by atoms with Crippen molar-refractivity contribution in [3.05, 3.63) is 0 Å². The van der Waals surface area contributed by atoms with E-state index in [1.165, 1.54) is 0 Å². The molecule has 2 saturated heterocycles. The normalized spacial score (nSPS) is 35.1. The Morgan fingerprint density at radius 3 is 2.93 bits per heavy atom. The van der Waals surface area contributed by atoms with E-state index in [2.05, 4.69) is 12.2 Å². The first kappa shape index (κ1) is 9.60. The maximum Gasteiger partial charge on any atom is 0.244 e. The summed E-state index contributed by atoms with van der Waals surface area (Å²) in [5, 5.41) is 3.35. The molecule has 3 fully saturated rings. The van der Waals surface area contributed by atoms with Crippen molar-refractivity contribution in [2.45, 2.75) is 37.8 Å². The molecule has 0 aromatic rings. The molecular formula is C11H18N2O2. The molecule has 1 aliphatic carbocycles. The molecule has 1 spiro atoms. The lowest BCUT2D eigenvalue weighted by molar-refractivity contribution is -0.132. The zero-order chi connectivity index (χ0) is 10.5. The second kappa shape index (κ2) is 3.19. The van der Waals surface area contributed by atoms with Crippen LogP contribution in [0, 0.1) is 5.92 Å². The number of hydrogen-bond donors (Lipinski definition) is 1. The molecule has 1 amide bonds. The Morgan fingerprint density at radius 1 is 1.60 bits per heavy atom. The lowest BCUT2D eigenvalue weighted by Crippen LogP contribution is -2.42. The van der Waals surface area contributed by atoms with Gasteiger partial charge in [-0.1, -0.05) is 0 Å². The van der Waals surface area contributed by atoms with E-state index in [1.807, 2.05) is 4.90 Å². The highest BCUT2D eigenvalue weighted by Crippen LogP contribution is 2.41. The van der Waals surface area contributed by atoms with Crippen molar-refractivity contribution in [3.8, 4) is 0 Å². The third-order valence-electron chi connectivity index (χ3n) is 4.15. The Kier molecular flexibility index (Phi) is 2.04. The predicted octanol–water partition coefficient (Wildman–Crippen LogP) is 0.333. The van der Waals surface area contributed by atoms with Gasteiger partial charge in [-0.2, -0.15) is 0 Å². The molecule has 3 rings (SSSR count). The van der Waals surface area contributed by atoms with Gasteiger partial charge in [0.1, 0.15) is 0 Å². The molecule has 0 bridgehead atoms. The van der Waals surface area contributed by atoms with E-state index in [0.29, 0.717) is 17.9 Å². The molecule has 2 heterocycles. The van der Waals surface area contributed by atoms with Gasteiger partial charge in [-0.15, -0.1) is 0 Å². The summed E-state index contributed by atoms with van der Waals surface area (Å²) in [4.78, 5) is 14.1. The molecular weight excluding hydrogens is 192 g/mol.